The molecule has 9 heteroatoms. The maximum atomic E-state index is 12.5. The Morgan fingerprint density at radius 1 is 1.16 bits per heavy atom. The number of hydrogen-bond donors (Lipinski definition) is 3. The monoisotopic (exact) mass is 443 g/mol. The number of likely N-dealkylation sites (N-methyl/N-ethyl adjacent to an activating group) is 1. The van der Waals surface area contributed by atoms with E-state index in [2.05, 4.69) is 15.2 Å². The average molecular weight is 444 g/mol. The van der Waals surface area contributed by atoms with Crippen LogP contribution in [-0.2, 0) is 14.3 Å². The van der Waals surface area contributed by atoms with Gasteiger partial charge in [0.25, 0.3) is 0 Å². The fourth-order valence-corrected chi connectivity index (χ4v) is 3.51. The van der Waals surface area contributed by atoms with Crippen LogP contribution in [-0.4, -0.2) is 77.4 Å². The summed E-state index contributed by atoms with van der Waals surface area (Å²) in [6.45, 7) is 8.55. The molecule has 0 aliphatic carbocycles. The normalized spacial score (nSPS) is 16.1. The van der Waals surface area contributed by atoms with Crippen LogP contribution in [0.2, 0.25) is 0 Å². The zero-order valence-electron chi connectivity index (χ0n) is 19.2. The molecule has 174 valence electrons. The summed E-state index contributed by atoms with van der Waals surface area (Å²) >= 11 is 0. The summed E-state index contributed by atoms with van der Waals surface area (Å²) in [6.07, 6.45) is 0.528. The molecule has 1 aromatic carbocycles. The number of esters is 1. The maximum absolute atomic E-state index is 12.5. The average Bonchev–Trinajstić information content (AvgIpc) is 3.14. The summed E-state index contributed by atoms with van der Waals surface area (Å²) < 4.78 is 5.39. The van der Waals surface area contributed by atoms with Crippen LogP contribution in [0, 0.1) is 0 Å². The first kappa shape index (κ1) is 23.7. The van der Waals surface area contributed by atoms with Crippen molar-refractivity contribution in [1.82, 2.24) is 14.8 Å². The van der Waals surface area contributed by atoms with E-state index in [4.69, 9.17) is 10.5 Å². The number of piperazine rings is 1. The molecule has 4 N–H and O–H groups in total. The Morgan fingerprint density at radius 3 is 2.50 bits per heavy atom. The minimum absolute atomic E-state index is 0.0322. The molecule has 32 heavy (non-hydrogen) atoms. The first-order valence-corrected chi connectivity index (χ1v) is 10.9. The Bertz CT molecular complexity index is 986. The molecule has 1 aliphatic heterocycles. The number of carbonyl (C=O) groups excluding carboxylic acids is 3. The van der Waals surface area contributed by atoms with Gasteiger partial charge in [-0.1, -0.05) is 0 Å². The minimum atomic E-state index is -0.786. The number of amides is 2. The summed E-state index contributed by atoms with van der Waals surface area (Å²) in [5.74, 6) is -0.755. The molecule has 0 spiro atoms. The Balaban J connectivity index is 1.55. The number of aromatic nitrogens is 1. The molecule has 0 radical (unpaired) electrons. The van der Waals surface area contributed by atoms with Gasteiger partial charge >= 0.3 is 5.97 Å². The van der Waals surface area contributed by atoms with Crippen molar-refractivity contribution < 1.29 is 19.1 Å². The van der Waals surface area contributed by atoms with Gasteiger partial charge in [-0.05, 0) is 58.5 Å². The zero-order chi connectivity index (χ0) is 23.5. The number of hydrogen-bond acceptors (Lipinski definition) is 6. The van der Waals surface area contributed by atoms with Crippen molar-refractivity contribution in [2.75, 3.05) is 38.5 Å². The number of nitrogens with zero attached hydrogens (tertiary/aromatic N) is 2. The van der Waals surface area contributed by atoms with Crippen molar-refractivity contribution in [2.24, 2.45) is 5.73 Å². The Hall–Kier alpha value is -2.91. The third kappa shape index (κ3) is 6.30. The van der Waals surface area contributed by atoms with Crippen molar-refractivity contribution in [3.05, 3.63) is 30.0 Å². The van der Waals surface area contributed by atoms with Crippen molar-refractivity contribution in [1.29, 1.82) is 0 Å². The predicted molar refractivity (Wildman–Crippen MR) is 123 cm³/mol. The molecule has 1 atom stereocenters. The topological polar surface area (TPSA) is 121 Å². The van der Waals surface area contributed by atoms with Gasteiger partial charge in [0.15, 0.2) is 0 Å². The van der Waals surface area contributed by atoms with Gasteiger partial charge in [0.2, 0.25) is 11.8 Å². The first-order chi connectivity index (χ1) is 15.0. The second kappa shape index (κ2) is 9.70. The molecule has 0 bridgehead atoms. The highest BCUT2D eigenvalue weighted by Gasteiger charge is 2.22. The molecular weight excluding hydrogens is 410 g/mol. The van der Waals surface area contributed by atoms with Crippen LogP contribution >= 0.6 is 0 Å². The SMILES string of the molecule is CN1CCN(C(=O)CC[C@H](N)C(=O)Nc2ccc3[nH]c(C(=O)OC(C)(C)C)cc3c2)CC1. The van der Waals surface area contributed by atoms with E-state index in [1.54, 1.807) is 24.3 Å². The van der Waals surface area contributed by atoms with E-state index in [1.165, 1.54) is 0 Å². The van der Waals surface area contributed by atoms with E-state index in [1.807, 2.05) is 32.7 Å². The second-order valence-electron chi connectivity index (χ2n) is 9.31. The number of benzene rings is 1. The molecule has 2 amide bonds. The van der Waals surface area contributed by atoms with E-state index in [9.17, 15) is 14.4 Å². The lowest BCUT2D eigenvalue weighted by Gasteiger charge is -2.32. The minimum Gasteiger partial charge on any atom is -0.455 e. The highest BCUT2D eigenvalue weighted by molar-refractivity contribution is 5.99. The van der Waals surface area contributed by atoms with Gasteiger partial charge < -0.3 is 30.6 Å². The smallest absolute Gasteiger partial charge is 0.355 e. The molecule has 1 saturated heterocycles. The number of ether oxygens (including phenoxy) is 1. The third-order valence-corrected chi connectivity index (χ3v) is 5.37. The summed E-state index contributed by atoms with van der Waals surface area (Å²) in [7, 11) is 2.03. The van der Waals surface area contributed by atoms with Gasteiger partial charge in [-0.25, -0.2) is 4.79 Å². The van der Waals surface area contributed by atoms with Crippen LogP contribution in [0.5, 0.6) is 0 Å². The van der Waals surface area contributed by atoms with E-state index >= 15 is 0 Å². The third-order valence-electron chi connectivity index (χ3n) is 5.37. The predicted octanol–water partition coefficient (Wildman–Crippen LogP) is 1.94. The summed E-state index contributed by atoms with van der Waals surface area (Å²) in [5.41, 5.74) is 7.10. The fourth-order valence-electron chi connectivity index (χ4n) is 3.51. The number of anilines is 1. The van der Waals surface area contributed by atoms with Crippen molar-refractivity contribution >= 4 is 34.4 Å². The van der Waals surface area contributed by atoms with Crippen LogP contribution in [0.25, 0.3) is 10.9 Å². The van der Waals surface area contributed by atoms with Gasteiger partial charge in [0, 0.05) is 49.2 Å². The number of carbonyl (C=O) groups is 3. The zero-order valence-corrected chi connectivity index (χ0v) is 19.2. The van der Waals surface area contributed by atoms with Crippen molar-refractivity contribution in [2.45, 2.75) is 45.3 Å². The van der Waals surface area contributed by atoms with E-state index < -0.39 is 17.6 Å². The van der Waals surface area contributed by atoms with Gasteiger partial charge in [-0.15, -0.1) is 0 Å². The number of fused-ring (bicyclic) bond motifs is 1. The lowest BCUT2D eigenvalue weighted by molar-refractivity contribution is -0.133. The summed E-state index contributed by atoms with van der Waals surface area (Å²) in [5, 5.41) is 3.56. The maximum Gasteiger partial charge on any atom is 0.355 e. The van der Waals surface area contributed by atoms with E-state index in [0.29, 0.717) is 24.5 Å². The highest BCUT2D eigenvalue weighted by atomic mass is 16.6. The number of rotatable bonds is 6. The van der Waals surface area contributed by atoms with E-state index in [-0.39, 0.29) is 24.7 Å². The molecule has 1 aromatic heterocycles. The second-order valence-corrected chi connectivity index (χ2v) is 9.31. The molecule has 2 aromatic rings. The Kier molecular flexibility index (Phi) is 7.20. The van der Waals surface area contributed by atoms with Gasteiger partial charge in [0.1, 0.15) is 11.3 Å². The van der Waals surface area contributed by atoms with Crippen LogP contribution in [0.4, 0.5) is 5.69 Å². The van der Waals surface area contributed by atoms with Gasteiger partial charge in [-0.3, -0.25) is 9.59 Å². The van der Waals surface area contributed by atoms with Crippen LogP contribution in [0.15, 0.2) is 24.3 Å². The van der Waals surface area contributed by atoms with Crippen molar-refractivity contribution in [3.8, 4) is 0 Å². The Labute approximate surface area is 188 Å². The number of nitrogens with two attached hydrogens (primary N) is 1. The van der Waals surface area contributed by atoms with Crippen LogP contribution < -0.4 is 11.1 Å². The molecule has 9 nitrogen and oxygen atoms in total. The van der Waals surface area contributed by atoms with Gasteiger partial charge in [-0.2, -0.15) is 0 Å². The quantitative estimate of drug-likeness (QED) is 0.587. The standard InChI is InChI=1S/C23H33N5O4/c1-23(2,3)32-22(31)19-14-15-13-16(5-7-18(15)26-19)25-21(30)17(24)6-8-20(29)28-11-9-27(4)10-12-28/h5,7,13-14,17,26H,6,8-12,24H2,1-4H3,(H,25,30)/t17-/m0/s1. The Morgan fingerprint density at radius 2 is 1.84 bits per heavy atom. The highest BCUT2D eigenvalue weighted by Crippen LogP contribution is 2.22. The number of nitrogens with one attached hydrogen (secondary N) is 2. The molecule has 1 fully saturated rings. The van der Waals surface area contributed by atoms with Gasteiger partial charge in [0.05, 0.1) is 6.04 Å². The number of aromatic amines is 1. The van der Waals surface area contributed by atoms with Crippen LogP contribution in [0.3, 0.4) is 0 Å². The molecule has 2 heterocycles. The lowest BCUT2D eigenvalue weighted by atomic mass is 10.1. The first-order valence-electron chi connectivity index (χ1n) is 10.9. The largest absolute Gasteiger partial charge is 0.455 e. The molecule has 3 rings (SSSR count). The van der Waals surface area contributed by atoms with Crippen LogP contribution in [0.1, 0.15) is 44.1 Å². The summed E-state index contributed by atoms with van der Waals surface area (Å²) in [4.78, 5) is 44.2. The van der Waals surface area contributed by atoms with Crippen molar-refractivity contribution in [3.63, 3.8) is 0 Å². The summed E-state index contributed by atoms with van der Waals surface area (Å²) in [6, 6.07) is 6.18. The molecule has 0 saturated carbocycles. The molecular formula is C23H33N5O4. The molecule has 1 aliphatic rings. The molecule has 0 unspecified atom stereocenters. The lowest BCUT2D eigenvalue weighted by Crippen LogP contribution is -2.47. The fraction of sp³-hybridized carbons (Fsp3) is 0.522. The number of H-pyrrole nitrogens is 1. The van der Waals surface area contributed by atoms with E-state index in [0.717, 1.165) is 24.0 Å².